The molecule has 1 unspecified atom stereocenters. The molecule has 2 N–H and O–H groups in total. The second-order valence-electron chi connectivity index (χ2n) is 2.14. The van der Waals surface area contributed by atoms with Crippen molar-refractivity contribution in [3.8, 4) is 12.3 Å². The minimum atomic E-state index is -0.543. The largest absolute Gasteiger partial charge is 0.393 e. The van der Waals surface area contributed by atoms with E-state index in [1.54, 1.807) is 0 Å². The first-order chi connectivity index (χ1) is 5.76. The molecule has 0 aromatic carbocycles. The summed E-state index contributed by atoms with van der Waals surface area (Å²) >= 11 is 1.14. The zero-order chi connectivity index (χ0) is 8.97. The number of thioether (sulfide) groups is 1. The Balaban J connectivity index is 2.57. The Morgan fingerprint density at radius 3 is 3.08 bits per heavy atom. The number of amides is 1. The Morgan fingerprint density at radius 1 is 1.92 bits per heavy atom. The molecule has 0 bridgehead atoms. The number of hydrogen-bond donors (Lipinski definition) is 2. The van der Waals surface area contributed by atoms with E-state index in [-0.39, 0.29) is 11.8 Å². The summed E-state index contributed by atoms with van der Waals surface area (Å²) in [6.45, 7) is -0.194. The van der Waals surface area contributed by atoms with E-state index in [2.05, 4.69) is 16.2 Å². The van der Waals surface area contributed by atoms with E-state index < -0.39 is 6.04 Å². The minimum absolute atomic E-state index is 0.123. The molecule has 1 rings (SSSR count). The normalized spacial score (nSPS) is 22.0. The molecule has 1 aliphatic rings. The standard InChI is InChI=1S/C7H8N2O2S/c1-2-5(3-10)8-6-4-12-7(11)9-6/h1,5,10H,3-4H2,(H,8,9,11). The zero-order valence-corrected chi connectivity index (χ0v) is 7.10. The first-order valence-corrected chi connectivity index (χ1v) is 4.32. The smallest absolute Gasteiger partial charge is 0.284 e. The number of nitrogens with one attached hydrogen (secondary N) is 1. The number of carbonyl (C=O) groups excluding carboxylic acids is 1. The molecule has 1 amide bonds. The summed E-state index contributed by atoms with van der Waals surface area (Å²) < 4.78 is 0. The topological polar surface area (TPSA) is 61.7 Å². The SMILES string of the molecule is C#CC(CO)N=C1CSC(=O)N1. The molecule has 4 nitrogen and oxygen atoms in total. The quantitative estimate of drug-likeness (QED) is 0.586. The van der Waals surface area contributed by atoms with Gasteiger partial charge in [-0.1, -0.05) is 17.7 Å². The molecule has 0 aromatic heterocycles. The van der Waals surface area contributed by atoms with Crippen LogP contribution in [0.1, 0.15) is 0 Å². The molecular weight excluding hydrogens is 176 g/mol. The van der Waals surface area contributed by atoms with Crippen LogP contribution in [0.2, 0.25) is 0 Å². The van der Waals surface area contributed by atoms with Gasteiger partial charge < -0.3 is 10.4 Å². The van der Waals surface area contributed by atoms with E-state index in [0.29, 0.717) is 11.6 Å². The molecule has 1 heterocycles. The van der Waals surface area contributed by atoms with Gasteiger partial charge >= 0.3 is 0 Å². The highest BCUT2D eigenvalue weighted by molar-refractivity contribution is 8.14. The van der Waals surface area contributed by atoms with Gasteiger partial charge in [-0.25, -0.2) is 0 Å². The fourth-order valence-corrected chi connectivity index (χ4v) is 1.32. The third kappa shape index (κ3) is 2.26. The van der Waals surface area contributed by atoms with Gasteiger partial charge in [0, 0.05) is 0 Å². The van der Waals surface area contributed by atoms with Crippen LogP contribution in [-0.4, -0.2) is 34.6 Å². The molecule has 0 aliphatic carbocycles. The molecule has 12 heavy (non-hydrogen) atoms. The predicted molar refractivity (Wildman–Crippen MR) is 48.1 cm³/mol. The lowest BCUT2D eigenvalue weighted by Gasteiger charge is -2.00. The van der Waals surface area contributed by atoms with Crippen LogP contribution in [0.15, 0.2) is 4.99 Å². The van der Waals surface area contributed by atoms with Crippen molar-refractivity contribution in [2.75, 3.05) is 12.4 Å². The van der Waals surface area contributed by atoms with Crippen LogP contribution in [-0.2, 0) is 0 Å². The first-order valence-electron chi connectivity index (χ1n) is 3.33. The van der Waals surface area contributed by atoms with E-state index in [9.17, 15) is 4.79 Å². The minimum Gasteiger partial charge on any atom is -0.393 e. The van der Waals surface area contributed by atoms with Crippen LogP contribution in [0.4, 0.5) is 4.79 Å². The Labute approximate surface area is 74.4 Å². The van der Waals surface area contributed by atoms with Crippen molar-refractivity contribution in [1.29, 1.82) is 0 Å². The van der Waals surface area contributed by atoms with Crippen molar-refractivity contribution in [2.45, 2.75) is 6.04 Å². The molecule has 1 saturated heterocycles. The highest BCUT2D eigenvalue weighted by atomic mass is 32.2. The molecule has 0 radical (unpaired) electrons. The maximum absolute atomic E-state index is 10.7. The van der Waals surface area contributed by atoms with Crippen LogP contribution >= 0.6 is 11.8 Å². The number of nitrogens with zero attached hydrogens (tertiary/aromatic N) is 1. The summed E-state index contributed by atoms with van der Waals surface area (Å²) in [6, 6.07) is -0.543. The highest BCUT2D eigenvalue weighted by Gasteiger charge is 2.17. The monoisotopic (exact) mass is 184 g/mol. The molecular formula is C7H8N2O2S. The Bertz CT molecular complexity index is 257. The second kappa shape index (κ2) is 4.14. The third-order valence-corrected chi connectivity index (χ3v) is 2.05. The van der Waals surface area contributed by atoms with Crippen molar-refractivity contribution >= 4 is 22.8 Å². The predicted octanol–water partition coefficient (Wildman–Crippen LogP) is -0.165. The van der Waals surface area contributed by atoms with Gasteiger partial charge in [-0.3, -0.25) is 9.79 Å². The summed E-state index contributed by atoms with van der Waals surface area (Å²) in [4.78, 5) is 14.6. The molecule has 0 saturated carbocycles. The van der Waals surface area contributed by atoms with Gasteiger partial charge in [-0.05, 0) is 0 Å². The lowest BCUT2D eigenvalue weighted by atomic mass is 10.3. The van der Waals surface area contributed by atoms with E-state index in [4.69, 9.17) is 11.5 Å². The molecule has 0 aromatic rings. The van der Waals surface area contributed by atoms with Crippen molar-refractivity contribution in [3.05, 3.63) is 0 Å². The van der Waals surface area contributed by atoms with Crippen LogP contribution < -0.4 is 5.32 Å². The molecule has 1 atom stereocenters. The number of aliphatic imine (C=N–C) groups is 1. The number of rotatable bonds is 2. The van der Waals surface area contributed by atoms with E-state index in [1.807, 2.05) is 0 Å². The van der Waals surface area contributed by atoms with Crippen molar-refractivity contribution in [3.63, 3.8) is 0 Å². The van der Waals surface area contributed by atoms with Gasteiger partial charge in [0.05, 0.1) is 12.4 Å². The Kier molecular flexibility index (Phi) is 3.14. The highest BCUT2D eigenvalue weighted by Crippen LogP contribution is 2.09. The van der Waals surface area contributed by atoms with Gasteiger partial charge in [-0.15, -0.1) is 6.42 Å². The number of amidine groups is 1. The average Bonchev–Trinajstić information content (AvgIpc) is 2.47. The van der Waals surface area contributed by atoms with Crippen molar-refractivity contribution < 1.29 is 9.90 Å². The van der Waals surface area contributed by atoms with E-state index in [1.165, 1.54) is 0 Å². The molecule has 1 fully saturated rings. The first kappa shape index (κ1) is 9.10. The number of aliphatic hydroxyl groups is 1. The van der Waals surface area contributed by atoms with Crippen molar-refractivity contribution in [1.82, 2.24) is 5.32 Å². The van der Waals surface area contributed by atoms with Crippen LogP contribution in [0.3, 0.4) is 0 Å². The lowest BCUT2D eigenvalue weighted by molar-refractivity contribution is 0.264. The summed E-state index contributed by atoms with van der Waals surface area (Å²) in [5, 5.41) is 11.1. The average molecular weight is 184 g/mol. The summed E-state index contributed by atoms with van der Waals surface area (Å²) in [5.41, 5.74) is 0. The van der Waals surface area contributed by atoms with Gasteiger partial charge in [0.2, 0.25) is 0 Å². The third-order valence-electron chi connectivity index (χ3n) is 1.26. The van der Waals surface area contributed by atoms with E-state index in [0.717, 1.165) is 11.8 Å². The number of aliphatic hydroxyl groups excluding tert-OH is 1. The second-order valence-corrected chi connectivity index (χ2v) is 3.09. The number of hydrogen-bond acceptors (Lipinski definition) is 4. The van der Waals surface area contributed by atoms with Gasteiger partial charge in [0.1, 0.15) is 11.9 Å². The molecule has 1 aliphatic heterocycles. The Morgan fingerprint density at radius 2 is 2.67 bits per heavy atom. The summed E-state index contributed by atoms with van der Waals surface area (Å²) in [7, 11) is 0. The fourth-order valence-electron chi connectivity index (χ4n) is 0.712. The van der Waals surface area contributed by atoms with Gasteiger partial charge in [0.25, 0.3) is 5.24 Å². The molecule has 0 spiro atoms. The maximum Gasteiger partial charge on any atom is 0.284 e. The maximum atomic E-state index is 10.7. The van der Waals surface area contributed by atoms with Crippen LogP contribution in [0.25, 0.3) is 0 Å². The summed E-state index contributed by atoms with van der Waals surface area (Å²) in [5.74, 6) is 3.35. The lowest BCUT2D eigenvalue weighted by Crippen LogP contribution is -2.23. The number of terminal acetylenes is 1. The van der Waals surface area contributed by atoms with Gasteiger partial charge in [-0.2, -0.15) is 0 Å². The van der Waals surface area contributed by atoms with Crippen molar-refractivity contribution in [2.24, 2.45) is 4.99 Å². The van der Waals surface area contributed by atoms with E-state index >= 15 is 0 Å². The summed E-state index contributed by atoms with van der Waals surface area (Å²) in [6.07, 6.45) is 5.06. The Hall–Kier alpha value is -0.990. The fraction of sp³-hybridized carbons (Fsp3) is 0.429. The van der Waals surface area contributed by atoms with Crippen LogP contribution in [0.5, 0.6) is 0 Å². The van der Waals surface area contributed by atoms with Crippen LogP contribution in [0, 0.1) is 12.3 Å². The molecule has 64 valence electrons. The zero-order valence-electron chi connectivity index (χ0n) is 6.28. The molecule has 5 heteroatoms. The number of carbonyl (C=O) groups is 1. The van der Waals surface area contributed by atoms with Gasteiger partial charge in [0.15, 0.2) is 0 Å².